The standard InChI is InChI=1S/C28H27NO3/c1-18-14-19(2)20(3)27(15-18)32-17-23-16-22(12-13-26(23)31-4)28(30)29-25-11-7-9-21-8-5-6-10-24(21)25/h5-16H,17H2,1-4H3,(H,29,30). The number of anilines is 1. The quantitative estimate of drug-likeness (QED) is 0.378. The summed E-state index contributed by atoms with van der Waals surface area (Å²) in [7, 11) is 1.62. The van der Waals surface area contributed by atoms with Gasteiger partial charge in [0.05, 0.1) is 7.11 Å². The third kappa shape index (κ3) is 4.45. The van der Waals surface area contributed by atoms with Crippen molar-refractivity contribution < 1.29 is 14.3 Å². The van der Waals surface area contributed by atoms with Crippen molar-refractivity contribution in [1.82, 2.24) is 0 Å². The van der Waals surface area contributed by atoms with Crippen molar-refractivity contribution in [2.45, 2.75) is 27.4 Å². The van der Waals surface area contributed by atoms with Gasteiger partial charge in [0.2, 0.25) is 0 Å². The van der Waals surface area contributed by atoms with Crippen LogP contribution in [0.2, 0.25) is 0 Å². The lowest BCUT2D eigenvalue weighted by atomic mass is 10.1. The predicted octanol–water partition coefficient (Wildman–Crippen LogP) is 6.60. The molecule has 0 heterocycles. The summed E-state index contributed by atoms with van der Waals surface area (Å²) in [5.41, 5.74) is 5.60. The Kier molecular flexibility index (Phi) is 6.13. The molecule has 4 aromatic rings. The fraction of sp³-hybridized carbons (Fsp3) is 0.179. The molecular formula is C28H27NO3. The molecule has 0 aliphatic carbocycles. The minimum absolute atomic E-state index is 0.173. The number of aryl methyl sites for hydroxylation is 2. The maximum atomic E-state index is 13.0. The first kappa shape index (κ1) is 21.4. The Morgan fingerprint density at radius 2 is 1.66 bits per heavy atom. The maximum Gasteiger partial charge on any atom is 0.255 e. The molecule has 162 valence electrons. The minimum atomic E-state index is -0.173. The fourth-order valence-corrected chi connectivity index (χ4v) is 3.87. The molecule has 0 fully saturated rings. The van der Waals surface area contributed by atoms with Crippen LogP contribution in [-0.4, -0.2) is 13.0 Å². The van der Waals surface area contributed by atoms with Crippen LogP contribution in [0.15, 0.2) is 72.8 Å². The van der Waals surface area contributed by atoms with E-state index in [9.17, 15) is 4.79 Å². The molecule has 0 spiro atoms. The average molecular weight is 426 g/mol. The summed E-state index contributed by atoms with van der Waals surface area (Å²) in [5, 5.41) is 5.13. The summed E-state index contributed by atoms with van der Waals surface area (Å²) in [6, 6.07) is 23.5. The number of fused-ring (bicyclic) bond motifs is 1. The monoisotopic (exact) mass is 425 g/mol. The number of hydrogen-bond acceptors (Lipinski definition) is 3. The molecule has 0 bridgehead atoms. The van der Waals surface area contributed by atoms with Crippen LogP contribution in [0, 0.1) is 20.8 Å². The van der Waals surface area contributed by atoms with E-state index in [4.69, 9.17) is 9.47 Å². The molecule has 0 saturated carbocycles. The molecule has 32 heavy (non-hydrogen) atoms. The van der Waals surface area contributed by atoms with Crippen LogP contribution < -0.4 is 14.8 Å². The molecule has 0 aliphatic heterocycles. The predicted molar refractivity (Wildman–Crippen MR) is 130 cm³/mol. The Hall–Kier alpha value is -3.79. The second-order valence-electron chi connectivity index (χ2n) is 8.00. The molecule has 4 nitrogen and oxygen atoms in total. The van der Waals surface area contributed by atoms with Crippen LogP contribution in [0.25, 0.3) is 10.8 Å². The lowest BCUT2D eigenvalue weighted by molar-refractivity contribution is 0.102. The van der Waals surface area contributed by atoms with Crippen molar-refractivity contribution in [1.29, 1.82) is 0 Å². The van der Waals surface area contributed by atoms with Crippen LogP contribution in [0.4, 0.5) is 5.69 Å². The fourth-order valence-electron chi connectivity index (χ4n) is 3.87. The molecule has 0 radical (unpaired) electrons. The zero-order valence-electron chi connectivity index (χ0n) is 18.9. The molecule has 1 N–H and O–H groups in total. The van der Waals surface area contributed by atoms with E-state index in [1.54, 1.807) is 13.2 Å². The second-order valence-corrected chi connectivity index (χ2v) is 8.00. The zero-order chi connectivity index (χ0) is 22.7. The number of methoxy groups -OCH3 is 1. The van der Waals surface area contributed by atoms with Gasteiger partial charge >= 0.3 is 0 Å². The number of nitrogens with one attached hydrogen (secondary N) is 1. The summed E-state index contributed by atoms with van der Waals surface area (Å²) in [5.74, 6) is 1.36. The molecule has 0 aromatic heterocycles. The number of amides is 1. The van der Waals surface area contributed by atoms with Gasteiger partial charge in [-0.1, -0.05) is 42.5 Å². The highest BCUT2D eigenvalue weighted by atomic mass is 16.5. The Balaban J connectivity index is 1.58. The van der Waals surface area contributed by atoms with Crippen LogP contribution >= 0.6 is 0 Å². The lowest BCUT2D eigenvalue weighted by Gasteiger charge is -2.15. The largest absolute Gasteiger partial charge is 0.496 e. The van der Waals surface area contributed by atoms with E-state index in [1.165, 1.54) is 5.56 Å². The summed E-state index contributed by atoms with van der Waals surface area (Å²) in [4.78, 5) is 13.0. The third-order valence-electron chi connectivity index (χ3n) is 5.73. The van der Waals surface area contributed by atoms with Crippen LogP contribution in [0.1, 0.15) is 32.6 Å². The number of hydrogen-bond donors (Lipinski definition) is 1. The number of carbonyl (C=O) groups excluding carboxylic acids is 1. The first-order valence-electron chi connectivity index (χ1n) is 10.6. The van der Waals surface area contributed by atoms with Crippen molar-refractivity contribution in [3.63, 3.8) is 0 Å². The van der Waals surface area contributed by atoms with Crippen LogP contribution in [0.5, 0.6) is 11.5 Å². The topological polar surface area (TPSA) is 47.6 Å². The van der Waals surface area contributed by atoms with Crippen molar-refractivity contribution in [3.05, 3.63) is 101 Å². The van der Waals surface area contributed by atoms with Crippen LogP contribution in [0.3, 0.4) is 0 Å². The van der Waals surface area contributed by atoms with E-state index in [2.05, 4.69) is 32.2 Å². The molecule has 0 unspecified atom stereocenters. The van der Waals surface area contributed by atoms with Crippen molar-refractivity contribution in [3.8, 4) is 11.5 Å². The van der Waals surface area contributed by atoms with E-state index in [-0.39, 0.29) is 5.91 Å². The molecular weight excluding hydrogens is 398 g/mol. The van der Waals surface area contributed by atoms with E-state index in [1.807, 2.05) is 60.7 Å². The minimum Gasteiger partial charge on any atom is -0.496 e. The summed E-state index contributed by atoms with van der Waals surface area (Å²) >= 11 is 0. The maximum absolute atomic E-state index is 13.0. The smallest absolute Gasteiger partial charge is 0.255 e. The molecule has 4 aromatic carbocycles. The van der Waals surface area contributed by atoms with Gasteiger partial charge in [0.15, 0.2) is 0 Å². The van der Waals surface area contributed by atoms with Gasteiger partial charge in [0, 0.05) is 22.2 Å². The Morgan fingerprint density at radius 3 is 2.47 bits per heavy atom. The Morgan fingerprint density at radius 1 is 0.875 bits per heavy atom. The molecule has 4 rings (SSSR count). The van der Waals surface area contributed by atoms with Gasteiger partial charge in [-0.3, -0.25) is 4.79 Å². The Labute approximate surface area is 188 Å². The highest BCUT2D eigenvalue weighted by molar-refractivity contribution is 6.09. The highest BCUT2D eigenvalue weighted by Gasteiger charge is 2.13. The van der Waals surface area contributed by atoms with Gasteiger partial charge in [-0.25, -0.2) is 0 Å². The molecule has 0 aliphatic rings. The van der Waals surface area contributed by atoms with Gasteiger partial charge in [-0.2, -0.15) is 0 Å². The number of rotatable bonds is 6. The summed E-state index contributed by atoms with van der Waals surface area (Å²) < 4.78 is 11.6. The van der Waals surface area contributed by atoms with Gasteiger partial charge in [0.1, 0.15) is 18.1 Å². The van der Waals surface area contributed by atoms with E-state index in [0.29, 0.717) is 17.9 Å². The number of ether oxygens (including phenoxy) is 2. The molecule has 1 amide bonds. The van der Waals surface area contributed by atoms with Gasteiger partial charge in [0.25, 0.3) is 5.91 Å². The first-order valence-corrected chi connectivity index (χ1v) is 10.6. The first-order chi connectivity index (χ1) is 15.5. The molecule has 4 heteroatoms. The van der Waals surface area contributed by atoms with E-state index in [0.717, 1.165) is 38.9 Å². The number of carbonyl (C=O) groups is 1. The second kappa shape index (κ2) is 9.15. The van der Waals surface area contributed by atoms with Crippen molar-refractivity contribution >= 4 is 22.4 Å². The molecule has 0 atom stereocenters. The summed E-state index contributed by atoms with van der Waals surface area (Å²) in [6.45, 7) is 6.49. The zero-order valence-corrected chi connectivity index (χ0v) is 18.9. The third-order valence-corrected chi connectivity index (χ3v) is 5.73. The SMILES string of the molecule is COc1ccc(C(=O)Nc2cccc3ccccc23)cc1COc1cc(C)cc(C)c1C. The van der Waals surface area contributed by atoms with E-state index < -0.39 is 0 Å². The van der Waals surface area contributed by atoms with E-state index >= 15 is 0 Å². The Bertz CT molecular complexity index is 1290. The van der Waals surface area contributed by atoms with Crippen LogP contribution in [-0.2, 0) is 6.61 Å². The van der Waals surface area contributed by atoms with Crippen molar-refractivity contribution in [2.24, 2.45) is 0 Å². The highest BCUT2D eigenvalue weighted by Crippen LogP contribution is 2.28. The van der Waals surface area contributed by atoms with Gasteiger partial charge < -0.3 is 14.8 Å². The summed E-state index contributed by atoms with van der Waals surface area (Å²) in [6.07, 6.45) is 0. The number of benzene rings is 4. The van der Waals surface area contributed by atoms with Gasteiger partial charge in [-0.05, 0) is 73.2 Å². The normalized spacial score (nSPS) is 10.8. The average Bonchev–Trinajstić information content (AvgIpc) is 2.80. The van der Waals surface area contributed by atoms with Gasteiger partial charge in [-0.15, -0.1) is 0 Å². The van der Waals surface area contributed by atoms with Crippen molar-refractivity contribution in [2.75, 3.05) is 12.4 Å². The lowest BCUT2D eigenvalue weighted by Crippen LogP contribution is -2.13. The molecule has 0 saturated heterocycles.